The number of oxazole rings is 1. The summed E-state index contributed by atoms with van der Waals surface area (Å²) < 4.78 is 5.87. The smallest absolute Gasteiger partial charge is 0.258 e. The molecule has 2 aromatic carbocycles. The Morgan fingerprint density at radius 2 is 1.85 bits per heavy atom. The van der Waals surface area contributed by atoms with E-state index in [0.29, 0.717) is 28.2 Å². The first kappa shape index (κ1) is 17.2. The zero-order valence-corrected chi connectivity index (χ0v) is 15.5. The average Bonchev–Trinajstić information content (AvgIpc) is 3.04. The van der Waals surface area contributed by atoms with Gasteiger partial charge in [0.2, 0.25) is 5.89 Å². The number of pyridine rings is 1. The molecule has 2 heterocycles. The Labute approximate surface area is 161 Å². The predicted octanol–water partition coefficient (Wildman–Crippen LogP) is 5.41. The lowest BCUT2D eigenvalue weighted by Crippen LogP contribution is -2.12. The van der Waals surface area contributed by atoms with Crippen LogP contribution in [-0.2, 0) is 0 Å². The topological polar surface area (TPSA) is 68.0 Å². The van der Waals surface area contributed by atoms with Crippen molar-refractivity contribution in [3.05, 3.63) is 76.6 Å². The number of amides is 1. The molecule has 0 spiro atoms. The molecule has 4 aromatic rings. The lowest BCUT2D eigenvalue weighted by atomic mass is 10.1. The van der Waals surface area contributed by atoms with E-state index < -0.39 is 0 Å². The van der Waals surface area contributed by atoms with E-state index in [1.165, 1.54) is 6.20 Å². The molecule has 0 fully saturated rings. The summed E-state index contributed by atoms with van der Waals surface area (Å²) in [6.45, 7) is 4.08. The summed E-state index contributed by atoms with van der Waals surface area (Å²) in [4.78, 5) is 20.9. The first-order chi connectivity index (χ1) is 13.0. The summed E-state index contributed by atoms with van der Waals surface area (Å²) in [6.07, 6.45) is 1.54. The van der Waals surface area contributed by atoms with Crippen molar-refractivity contribution in [2.45, 2.75) is 13.8 Å². The quantitative estimate of drug-likeness (QED) is 0.484. The monoisotopic (exact) mass is 377 g/mol. The van der Waals surface area contributed by atoms with Crippen LogP contribution < -0.4 is 5.32 Å². The summed E-state index contributed by atoms with van der Waals surface area (Å²) in [5, 5.41) is 2.98. The fourth-order valence-corrected chi connectivity index (χ4v) is 3.19. The predicted molar refractivity (Wildman–Crippen MR) is 106 cm³/mol. The average molecular weight is 378 g/mol. The van der Waals surface area contributed by atoms with Crippen molar-refractivity contribution < 1.29 is 9.21 Å². The zero-order chi connectivity index (χ0) is 19.0. The van der Waals surface area contributed by atoms with Crippen LogP contribution >= 0.6 is 11.6 Å². The normalized spacial score (nSPS) is 10.9. The Hall–Kier alpha value is -3.18. The summed E-state index contributed by atoms with van der Waals surface area (Å²) >= 11 is 5.98. The van der Waals surface area contributed by atoms with E-state index in [9.17, 15) is 4.79 Å². The lowest BCUT2D eigenvalue weighted by molar-refractivity contribution is 0.102. The Balaban J connectivity index is 1.65. The summed E-state index contributed by atoms with van der Waals surface area (Å²) in [7, 11) is 0. The van der Waals surface area contributed by atoms with Crippen molar-refractivity contribution >= 4 is 34.3 Å². The van der Waals surface area contributed by atoms with Crippen LogP contribution in [0.2, 0.25) is 5.15 Å². The molecule has 2 aromatic heterocycles. The number of hydrogen-bond donors (Lipinski definition) is 1. The molecule has 0 saturated heterocycles. The Kier molecular flexibility index (Phi) is 4.38. The van der Waals surface area contributed by atoms with Gasteiger partial charge in [-0.2, -0.15) is 0 Å². The van der Waals surface area contributed by atoms with Gasteiger partial charge in [-0.25, -0.2) is 9.97 Å². The van der Waals surface area contributed by atoms with Crippen LogP contribution in [0.5, 0.6) is 0 Å². The minimum Gasteiger partial charge on any atom is -0.436 e. The van der Waals surface area contributed by atoms with Gasteiger partial charge in [-0.15, -0.1) is 0 Å². The van der Waals surface area contributed by atoms with Crippen molar-refractivity contribution in [2.75, 3.05) is 5.32 Å². The molecule has 5 nitrogen and oxygen atoms in total. The number of fused-ring (bicyclic) bond motifs is 1. The van der Waals surface area contributed by atoms with Gasteiger partial charge in [0.05, 0.1) is 5.56 Å². The van der Waals surface area contributed by atoms with Crippen molar-refractivity contribution in [3.8, 4) is 11.5 Å². The standard InChI is InChI=1S/C21H16ClN3O2/c1-12-8-13(2)10-14(9-12)21-25-17-11-15(5-6-18(17)27-21)24-20(26)16-4-3-7-23-19(16)22/h3-11H,1-2H3,(H,24,26). The molecule has 0 unspecified atom stereocenters. The number of carbonyl (C=O) groups excluding carboxylic acids is 1. The first-order valence-electron chi connectivity index (χ1n) is 8.41. The molecule has 4 rings (SSSR count). The third kappa shape index (κ3) is 3.55. The molecule has 27 heavy (non-hydrogen) atoms. The maximum absolute atomic E-state index is 12.4. The van der Waals surface area contributed by atoms with E-state index in [2.05, 4.69) is 21.4 Å². The fraction of sp³-hybridized carbons (Fsp3) is 0.0952. The zero-order valence-electron chi connectivity index (χ0n) is 14.8. The number of nitrogens with zero attached hydrogens (tertiary/aromatic N) is 2. The second kappa shape index (κ2) is 6.85. The summed E-state index contributed by atoms with van der Waals surface area (Å²) in [6, 6.07) is 14.8. The summed E-state index contributed by atoms with van der Waals surface area (Å²) in [5.41, 5.74) is 5.46. The van der Waals surface area contributed by atoms with Crippen LogP contribution in [0.25, 0.3) is 22.6 Å². The summed E-state index contributed by atoms with van der Waals surface area (Å²) in [5.74, 6) is 0.223. The molecule has 1 amide bonds. The molecule has 0 bridgehead atoms. The number of hydrogen-bond acceptors (Lipinski definition) is 4. The largest absolute Gasteiger partial charge is 0.436 e. The number of benzene rings is 2. The number of aromatic nitrogens is 2. The Bertz CT molecular complexity index is 1150. The van der Waals surface area contributed by atoms with E-state index >= 15 is 0 Å². The minimum atomic E-state index is -0.328. The number of carbonyl (C=O) groups is 1. The van der Waals surface area contributed by atoms with E-state index in [1.54, 1.807) is 30.3 Å². The number of anilines is 1. The highest BCUT2D eigenvalue weighted by molar-refractivity contribution is 6.33. The molecule has 0 aliphatic heterocycles. The molecule has 1 N–H and O–H groups in total. The highest BCUT2D eigenvalue weighted by atomic mass is 35.5. The second-order valence-electron chi connectivity index (χ2n) is 6.37. The van der Waals surface area contributed by atoms with Gasteiger partial charge in [0.25, 0.3) is 5.91 Å². The highest BCUT2D eigenvalue weighted by Crippen LogP contribution is 2.28. The van der Waals surface area contributed by atoms with E-state index in [0.717, 1.165) is 16.7 Å². The molecule has 0 aliphatic rings. The van der Waals surface area contributed by atoms with Crippen molar-refractivity contribution in [1.29, 1.82) is 0 Å². The lowest BCUT2D eigenvalue weighted by Gasteiger charge is -2.05. The third-order valence-corrected chi connectivity index (χ3v) is 4.42. The van der Waals surface area contributed by atoms with E-state index in [-0.39, 0.29) is 11.1 Å². The van der Waals surface area contributed by atoms with E-state index in [4.69, 9.17) is 16.0 Å². The Morgan fingerprint density at radius 1 is 1.07 bits per heavy atom. The molecule has 134 valence electrons. The molecule has 0 saturated carbocycles. The molecule has 0 atom stereocenters. The minimum absolute atomic E-state index is 0.162. The van der Waals surface area contributed by atoms with Crippen molar-refractivity contribution in [1.82, 2.24) is 9.97 Å². The van der Waals surface area contributed by atoms with Gasteiger partial charge >= 0.3 is 0 Å². The van der Waals surface area contributed by atoms with Crippen LogP contribution in [0.15, 0.2) is 59.1 Å². The molecule has 0 aliphatic carbocycles. The van der Waals surface area contributed by atoms with Gasteiger partial charge in [0, 0.05) is 17.4 Å². The van der Waals surface area contributed by atoms with Gasteiger partial charge in [0.1, 0.15) is 10.7 Å². The number of halogens is 1. The van der Waals surface area contributed by atoms with Crippen molar-refractivity contribution in [3.63, 3.8) is 0 Å². The number of nitrogens with one attached hydrogen (secondary N) is 1. The number of aryl methyl sites for hydroxylation is 2. The fourth-order valence-electron chi connectivity index (χ4n) is 2.98. The third-order valence-electron chi connectivity index (χ3n) is 4.12. The van der Waals surface area contributed by atoms with E-state index in [1.807, 2.05) is 26.0 Å². The maximum Gasteiger partial charge on any atom is 0.258 e. The van der Waals surface area contributed by atoms with Crippen molar-refractivity contribution in [2.24, 2.45) is 0 Å². The molecular formula is C21H16ClN3O2. The van der Waals surface area contributed by atoms with Gasteiger partial charge in [-0.05, 0) is 56.3 Å². The van der Waals surface area contributed by atoms with Gasteiger partial charge in [-0.1, -0.05) is 28.8 Å². The van der Waals surface area contributed by atoms with Crippen LogP contribution in [-0.4, -0.2) is 15.9 Å². The van der Waals surface area contributed by atoms with Crippen LogP contribution in [0.1, 0.15) is 21.5 Å². The Morgan fingerprint density at radius 3 is 2.59 bits per heavy atom. The highest BCUT2D eigenvalue weighted by Gasteiger charge is 2.13. The molecular weight excluding hydrogens is 362 g/mol. The maximum atomic E-state index is 12.4. The second-order valence-corrected chi connectivity index (χ2v) is 6.73. The molecule has 6 heteroatoms. The molecule has 0 radical (unpaired) electrons. The van der Waals surface area contributed by atoms with Gasteiger partial charge in [0.15, 0.2) is 5.58 Å². The van der Waals surface area contributed by atoms with Gasteiger partial charge in [-0.3, -0.25) is 4.79 Å². The van der Waals surface area contributed by atoms with Gasteiger partial charge < -0.3 is 9.73 Å². The van der Waals surface area contributed by atoms with Crippen LogP contribution in [0.4, 0.5) is 5.69 Å². The first-order valence-corrected chi connectivity index (χ1v) is 8.78. The van der Waals surface area contributed by atoms with Crippen LogP contribution in [0.3, 0.4) is 0 Å². The van der Waals surface area contributed by atoms with Crippen LogP contribution in [0, 0.1) is 13.8 Å². The number of rotatable bonds is 3. The SMILES string of the molecule is Cc1cc(C)cc(-c2nc3cc(NC(=O)c4cccnc4Cl)ccc3o2)c1.